The molecule has 0 bridgehead atoms. The first-order valence-corrected chi connectivity index (χ1v) is 23.3. The second-order valence-corrected chi connectivity index (χ2v) is 17.2. The number of aryl methyl sites for hydroxylation is 4. The van der Waals surface area contributed by atoms with E-state index < -0.39 is 0 Å². The molecule has 0 radical (unpaired) electrons. The van der Waals surface area contributed by atoms with Gasteiger partial charge in [0.25, 0.3) is 0 Å². The van der Waals surface area contributed by atoms with E-state index in [-0.39, 0.29) is 20.1 Å². The van der Waals surface area contributed by atoms with Crippen molar-refractivity contribution in [3.05, 3.63) is 271 Å². The van der Waals surface area contributed by atoms with Gasteiger partial charge in [-0.1, -0.05) is 181 Å². The number of pyridine rings is 3. The molecule has 4 heteroatoms. The largest absolute Gasteiger partial charge is 3.00 e. The van der Waals surface area contributed by atoms with Crippen molar-refractivity contribution in [1.82, 2.24) is 15.0 Å². The van der Waals surface area contributed by atoms with Gasteiger partial charge in [-0.25, -0.2) is 0 Å². The first-order valence-electron chi connectivity index (χ1n) is 23.3. The molecule has 3 nitrogen and oxygen atoms in total. The van der Waals surface area contributed by atoms with E-state index in [2.05, 4.69) is 204 Å². The van der Waals surface area contributed by atoms with Crippen molar-refractivity contribution >= 4 is 10.9 Å². The summed E-state index contributed by atoms with van der Waals surface area (Å²) in [5.41, 5.74) is 21.1. The van der Waals surface area contributed by atoms with E-state index >= 15 is 0 Å². The minimum atomic E-state index is 0. The van der Waals surface area contributed by atoms with Crippen LogP contribution >= 0.6 is 0 Å². The van der Waals surface area contributed by atoms with Gasteiger partial charge in [0.05, 0.1) is 5.52 Å². The van der Waals surface area contributed by atoms with Gasteiger partial charge in [0.15, 0.2) is 0 Å². The molecule has 0 N–H and O–H groups in total. The van der Waals surface area contributed by atoms with Crippen LogP contribution in [0.1, 0.15) is 22.3 Å². The smallest absolute Gasteiger partial charge is 0.305 e. The summed E-state index contributed by atoms with van der Waals surface area (Å²) in [6.45, 7) is 0. The van der Waals surface area contributed by atoms with Crippen molar-refractivity contribution in [3.8, 4) is 78.3 Å². The van der Waals surface area contributed by atoms with Gasteiger partial charge in [0, 0.05) is 12.4 Å². The van der Waals surface area contributed by atoms with Crippen LogP contribution in [0.5, 0.6) is 0 Å². The van der Waals surface area contributed by atoms with E-state index in [4.69, 9.17) is 4.98 Å². The fourth-order valence-electron chi connectivity index (χ4n) is 9.13. The van der Waals surface area contributed by atoms with Crippen molar-refractivity contribution in [2.45, 2.75) is 25.7 Å². The van der Waals surface area contributed by atoms with E-state index in [1.54, 1.807) is 0 Å². The van der Waals surface area contributed by atoms with Crippen molar-refractivity contribution in [2.75, 3.05) is 0 Å². The van der Waals surface area contributed by atoms with Crippen molar-refractivity contribution in [1.29, 1.82) is 0 Å². The van der Waals surface area contributed by atoms with Crippen LogP contribution < -0.4 is 0 Å². The number of fused-ring (bicyclic) bond motifs is 1. The third-order valence-corrected chi connectivity index (χ3v) is 12.7. The molecule has 11 aromatic rings. The van der Waals surface area contributed by atoms with Crippen LogP contribution in [0.2, 0.25) is 0 Å². The molecular weight excluding hydrogens is 1010 g/mol. The second kappa shape index (κ2) is 21.0. The maximum atomic E-state index is 5.10. The SMILES string of the molecule is [Ir+3].[c-]1cc(CCc2cc(CCc3c[c-]c(-c4ccccn4)cc3)cc(-c3ccccc3-c3c[c-]c(-c4ccc5ccccc5n4)cc3-c3ccc(-c4ccccc4)cc3)c2)ccc1-c1ccccn1. The number of hydrogen-bond donors (Lipinski definition) is 0. The molecule has 0 saturated carbocycles. The number of nitrogens with zero attached hydrogens (tertiary/aromatic N) is 3. The molecule has 3 aromatic heterocycles. The molecule has 0 fully saturated rings. The first-order chi connectivity index (χ1) is 33.7. The van der Waals surface area contributed by atoms with E-state index in [9.17, 15) is 0 Å². The summed E-state index contributed by atoms with van der Waals surface area (Å²) in [4.78, 5) is 14.2. The van der Waals surface area contributed by atoms with Crippen LogP contribution in [-0.2, 0) is 45.8 Å². The van der Waals surface area contributed by atoms with Gasteiger partial charge in [-0.15, -0.1) is 94.5 Å². The van der Waals surface area contributed by atoms with Crippen molar-refractivity contribution in [2.24, 2.45) is 0 Å². The third kappa shape index (κ3) is 10.3. The Hall–Kier alpha value is -7.88. The van der Waals surface area contributed by atoms with Gasteiger partial charge in [0.2, 0.25) is 0 Å². The van der Waals surface area contributed by atoms with E-state index in [1.807, 2.05) is 54.9 Å². The average molecular weight is 1060 g/mol. The van der Waals surface area contributed by atoms with Crippen LogP contribution in [0.3, 0.4) is 0 Å². The van der Waals surface area contributed by atoms with Gasteiger partial charge >= 0.3 is 20.1 Å². The number of hydrogen-bond acceptors (Lipinski definition) is 3. The maximum absolute atomic E-state index is 5.10. The zero-order valence-electron chi connectivity index (χ0n) is 37.9. The zero-order valence-corrected chi connectivity index (χ0v) is 40.3. The summed E-state index contributed by atoms with van der Waals surface area (Å²) in [6.07, 6.45) is 7.25. The minimum Gasteiger partial charge on any atom is -0.305 e. The van der Waals surface area contributed by atoms with Crippen LogP contribution in [0, 0.1) is 18.2 Å². The summed E-state index contributed by atoms with van der Waals surface area (Å²) < 4.78 is 0. The summed E-state index contributed by atoms with van der Waals surface area (Å²) in [7, 11) is 0. The van der Waals surface area contributed by atoms with E-state index in [0.29, 0.717) is 0 Å². The van der Waals surface area contributed by atoms with E-state index in [0.717, 1.165) is 92.6 Å². The molecule has 69 heavy (non-hydrogen) atoms. The molecule has 0 saturated heterocycles. The molecule has 330 valence electrons. The quantitative estimate of drug-likeness (QED) is 0.108. The molecule has 8 aromatic carbocycles. The van der Waals surface area contributed by atoms with Gasteiger partial charge < -0.3 is 9.97 Å². The fraction of sp³-hybridized carbons (Fsp3) is 0.0615. The molecule has 0 amide bonds. The zero-order chi connectivity index (χ0) is 45.5. The molecule has 0 aliphatic heterocycles. The second-order valence-electron chi connectivity index (χ2n) is 17.2. The Labute approximate surface area is 418 Å². The van der Waals surface area contributed by atoms with Gasteiger partial charge in [-0.05, 0) is 92.5 Å². The number of benzene rings is 8. The normalized spacial score (nSPS) is 11.0. The Morgan fingerprint density at radius 3 is 1.49 bits per heavy atom. The molecule has 0 aliphatic rings. The maximum Gasteiger partial charge on any atom is 3.00 e. The molecule has 0 unspecified atom stereocenters. The predicted octanol–water partition coefficient (Wildman–Crippen LogP) is 15.7. The molecule has 11 rings (SSSR count). The molecule has 0 aliphatic carbocycles. The van der Waals surface area contributed by atoms with E-state index in [1.165, 1.54) is 44.5 Å². The van der Waals surface area contributed by atoms with Crippen LogP contribution in [0.25, 0.3) is 89.2 Å². The average Bonchev–Trinajstić information content (AvgIpc) is 3.42. The van der Waals surface area contributed by atoms with Crippen LogP contribution in [-0.4, -0.2) is 15.0 Å². The first kappa shape index (κ1) is 44.9. The fourth-order valence-corrected chi connectivity index (χ4v) is 9.13. The summed E-state index contributed by atoms with van der Waals surface area (Å²) in [6, 6.07) is 88.2. The monoisotopic (exact) mass is 1060 g/mol. The van der Waals surface area contributed by atoms with Crippen molar-refractivity contribution < 1.29 is 20.1 Å². The Kier molecular flexibility index (Phi) is 13.6. The Bertz CT molecular complexity index is 3360. The summed E-state index contributed by atoms with van der Waals surface area (Å²) in [5, 5.41) is 1.12. The Morgan fingerprint density at radius 1 is 0.319 bits per heavy atom. The van der Waals surface area contributed by atoms with Crippen LogP contribution in [0.4, 0.5) is 0 Å². The van der Waals surface area contributed by atoms with Crippen LogP contribution in [0.15, 0.2) is 231 Å². The summed E-state index contributed by atoms with van der Waals surface area (Å²) >= 11 is 0. The van der Waals surface area contributed by atoms with Gasteiger partial charge in [0.1, 0.15) is 0 Å². The topological polar surface area (TPSA) is 38.7 Å². The van der Waals surface area contributed by atoms with Gasteiger partial charge in [-0.3, -0.25) is 4.98 Å². The number of aromatic nitrogens is 3. The third-order valence-electron chi connectivity index (χ3n) is 12.7. The minimum absolute atomic E-state index is 0. The standard InChI is InChI=1S/C65H46N3.Ir/c1-2-12-50(13-3-1)51-32-34-52(35-33-51)61-45-56(65-39-37-53-14-4-7-19-64(53)68-65)36-38-60(61)59-16-6-5-15-58(59)57-43-48(22-20-46-24-28-54(29-25-46)62-17-8-10-40-66-62)42-49(44-57)23-21-47-26-30-55(31-27-47)63-18-9-11-41-67-63;/h1-19,24-28,30,32-35,37-45H,20-23H2;/q-3;+3. The molecule has 0 spiro atoms. The predicted molar refractivity (Wildman–Crippen MR) is 280 cm³/mol. The molecule has 0 atom stereocenters. The number of para-hydroxylation sites is 1. The van der Waals surface area contributed by atoms with Crippen molar-refractivity contribution in [3.63, 3.8) is 0 Å². The molecule has 3 heterocycles. The Morgan fingerprint density at radius 2 is 0.870 bits per heavy atom. The van der Waals surface area contributed by atoms with Gasteiger partial charge in [-0.2, -0.15) is 0 Å². The molecular formula is C65H46IrN3. The number of rotatable bonds is 13. The Balaban J connectivity index is 0.00000553. The summed E-state index contributed by atoms with van der Waals surface area (Å²) in [5.74, 6) is 0.